The molecule has 1 aromatic carbocycles. The minimum atomic E-state index is -0.249. The summed E-state index contributed by atoms with van der Waals surface area (Å²) in [5.74, 6) is -0.0451. The minimum Gasteiger partial charge on any atom is -0.335 e. The average molecular weight is 332 g/mol. The second-order valence-corrected chi connectivity index (χ2v) is 7.52. The highest BCUT2D eigenvalue weighted by molar-refractivity contribution is 5.80. The fraction of sp³-hybridized carbons (Fsp3) is 0.650. The maximum Gasteiger partial charge on any atom is 0.227 e. The van der Waals surface area contributed by atoms with Crippen molar-refractivity contribution in [3.8, 4) is 0 Å². The Morgan fingerprint density at radius 1 is 1.25 bits per heavy atom. The quantitative estimate of drug-likeness (QED) is 0.841. The van der Waals surface area contributed by atoms with Crippen molar-refractivity contribution in [2.45, 2.75) is 63.5 Å². The molecule has 2 fully saturated rings. The summed E-state index contributed by atoms with van der Waals surface area (Å²) in [6, 6.07) is 6.80. The van der Waals surface area contributed by atoms with Gasteiger partial charge in [-0.3, -0.25) is 4.79 Å². The van der Waals surface area contributed by atoms with Gasteiger partial charge in [-0.05, 0) is 50.6 Å². The second-order valence-electron chi connectivity index (χ2n) is 7.52. The Morgan fingerprint density at radius 3 is 2.54 bits per heavy atom. The third-order valence-corrected chi connectivity index (χ3v) is 6.06. The summed E-state index contributed by atoms with van der Waals surface area (Å²) in [6.45, 7) is 4.03. The Kier molecular flexibility index (Phi) is 5.24. The standard InChI is InChI=1S/C20H29FN2O/c1-3-22(2)18-14-20(11-5-4-6-12-20)23(15-18)19(24)13-16-7-9-17(21)10-8-16/h7-10,18H,3-6,11-15H2,1-2H3/t18-/m1/s1. The van der Waals surface area contributed by atoms with Crippen LogP contribution in [0.15, 0.2) is 24.3 Å². The molecule has 1 spiro atoms. The molecule has 1 heterocycles. The molecule has 1 saturated carbocycles. The molecule has 0 bridgehead atoms. The fourth-order valence-electron chi connectivity index (χ4n) is 4.49. The van der Waals surface area contributed by atoms with Gasteiger partial charge in [-0.2, -0.15) is 0 Å². The highest BCUT2D eigenvalue weighted by Crippen LogP contribution is 2.43. The van der Waals surface area contributed by atoms with Crippen LogP contribution >= 0.6 is 0 Å². The number of carbonyl (C=O) groups is 1. The van der Waals surface area contributed by atoms with E-state index in [0.717, 1.165) is 37.9 Å². The molecule has 1 amide bonds. The molecule has 0 unspecified atom stereocenters. The van der Waals surface area contributed by atoms with Crippen molar-refractivity contribution in [1.29, 1.82) is 0 Å². The van der Waals surface area contributed by atoms with Crippen molar-refractivity contribution in [3.63, 3.8) is 0 Å². The minimum absolute atomic E-state index is 0.0590. The molecule has 24 heavy (non-hydrogen) atoms. The first kappa shape index (κ1) is 17.4. The third-order valence-electron chi connectivity index (χ3n) is 6.06. The molecule has 3 nitrogen and oxygen atoms in total. The fourth-order valence-corrected chi connectivity index (χ4v) is 4.49. The first-order chi connectivity index (χ1) is 11.5. The largest absolute Gasteiger partial charge is 0.335 e. The lowest BCUT2D eigenvalue weighted by molar-refractivity contribution is -0.135. The van der Waals surface area contributed by atoms with Crippen molar-refractivity contribution in [2.24, 2.45) is 0 Å². The van der Waals surface area contributed by atoms with E-state index in [4.69, 9.17) is 0 Å². The summed E-state index contributed by atoms with van der Waals surface area (Å²) in [5, 5.41) is 0. The van der Waals surface area contributed by atoms with Crippen LogP contribution in [-0.2, 0) is 11.2 Å². The van der Waals surface area contributed by atoms with Gasteiger partial charge in [0.2, 0.25) is 5.91 Å². The predicted molar refractivity (Wildman–Crippen MR) is 94.3 cm³/mol. The number of halogens is 1. The van der Waals surface area contributed by atoms with E-state index in [2.05, 4.69) is 23.8 Å². The lowest BCUT2D eigenvalue weighted by Crippen LogP contribution is -2.49. The van der Waals surface area contributed by atoms with Gasteiger partial charge in [0.1, 0.15) is 5.82 Å². The lowest BCUT2D eigenvalue weighted by Gasteiger charge is -2.41. The number of hydrogen-bond donors (Lipinski definition) is 0. The van der Waals surface area contributed by atoms with E-state index in [0.29, 0.717) is 12.5 Å². The van der Waals surface area contributed by atoms with Gasteiger partial charge in [0.15, 0.2) is 0 Å². The first-order valence-corrected chi connectivity index (χ1v) is 9.29. The summed E-state index contributed by atoms with van der Waals surface area (Å²) in [5.41, 5.74) is 0.961. The van der Waals surface area contributed by atoms with Gasteiger partial charge in [-0.1, -0.05) is 38.3 Å². The van der Waals surface area contributed by atoms with Crippen molar-refractivity contribution < 1.29 is 9.18 Å². The van der Waals surface area contributed by atoms with Crippen LogP contribution in [-0.4, -0.2) is 47.4 Å². The Balaban J connectivity index is 1.77. The zero-order valence-electron chi connectivity index (χ0n) is 14.9. The monoisotopic (exact) mass is 332 g/mol. The molecule has 1 aromatic rings. The van der Waals surface area contributed by atoms with Crippen molar-refractivity contribution in [1.82, 2.24) is 9.80 Å². The number of benzene rings is 1. The molecule has 1 atom stereocenters. The summed E-state index contributed by atoms with van der Waals surface area (Å²) < 4.78 is 13.1. The molecular weight excluding hydrogens is 303 g/mol. The van der Waals surface area contributed by atoms with Gasteiger partial charge in [-0.15, -0.1) is 0 Å². The Morgan fingerprint density at radius 2 is 1.92 bits per heavy atom. The maximum atomic E-state index is 13.1. The van der Waals surface area contributed by atoms with Gasteiger partial charge < -0.3 is 9.80 Å². The summed E-state index contributed by atoms with van der Waals surface area (Å²) in [6.07, 6.45) is 7.49. The number of hydrogen-bond acceptors (Lipinski definition) is 2. The lowest BCUT2D eigenvalue weighted by atomic mass is 9.79. The van der Waals surface area contributed by atoms with Crippen LogP contribution in [0.2, 0.25) is 0 Å². The van der Waals surface area contributed by atoms with Gasteiger partial charge in [0.05, 0.1) is 6.42 Å². The molecule has 132 valence electrons. The normalized spacial score (nSPS) is 23.2. The third kappa shape index (κ3) is 3.49. The number of likely N-dealkylation sites (tertiary alicyclic amines) is 1. The molecule has 2 aliphatic rings. The number of carbonyl (C=O) groups excluding carboxylic acids is 1. The molecule has 0 radical (unpaired) electrons. The first-order valence-electron chi connectivity index (χ1n) is 9.29. The summed E-state index contributed by atoms with van der Waals surface area (Å²) in [7, 11) is 2.16. The average Bonchev–Trinajstić information content (AvgIpc) is 2.96. The SMILES string of the molecule is CCN(C)[C@H]1CN(C(=O)Cc2ccc(F)cc2)C2(CCCCC2)C1. The summed E-state index contributed by atoms with van der Waals surface area (Å²) in [4.78, 5) is 17.6. The van der Waals surface area contributed by atoms with Crippen molar-refractivity contribution >= 4 is 5.91 Å². The van der Waals surface area contributed by atoms with Crippen molar-refractivity contribution in [2.75, 3.05) is 20.1 Å². The van der Waals surface area contributed by atoms with E-state index < -0.39 is 0 Å². The van der Waals surface area contributed by atoms with Crippen LogP contribution < -0.4 is 0 Å². The topological polar surface area (TPSA) is 23.6 Å². The zero-order valence-corrected chi connectivity index (χ0v) is 14.9. The Bertz CT molecular complexity index is 566. The van der Waals surface area contributed by atoms with Gasteiger partial charge in [-0.25, -0.2) is 4.39 Å². The van der Waals surface area contributed by atoms with E-state index in [1.807, 2.05) is 0 Å². The van der Waals surface area contributed by atoms with Gasteiger partial charge >= 0.3 is 0 Å². The predicted octanol–water partition coefficient (Wildman–Crippen LogP) is 3.62. The number of rotatable bonds is 4. The molecule has 0 N–H and O–H groups in total. The van der Waals surface area contributed by atoms with Gasteiger partial charge in [0, 0.05) is 18.1 Å². The van der Waals surface area contributed by atoms with Crippen LogP contribution in [0.3, 0.4) is 0 Å². The summed E-state index contributed by atoms with van der Waals surface area (Å²) >= 11 is 0. The Hall–Kier alpha value is -1.42. The van der Waals surface area contributed by atoms with Crippen molar-refractivity contribution in [3.05, 3.63) is 35.6 Å². The van der Waals surface area contributed by atoms with E-state index in [-0.39, 0.29) is 17.3 Å². The van der Waals surface area contributed by atoms with E-state index >= 15 is 0 Å². The number of likely N-dealkylation sites (N-methyl/N-ethyl adjacent to an activating group) is 1. The molecule has 4 heteroatoms. The highest BCUT2D eigenvalue weighted by Gasteiger charge is 2.48. The van der Waals surface area contributed by atoms with Crippen LogP contribution in [0.25, 0.3) is 0 Å². The molecule has 1 saturated heterocycles. The smallest absolute Gasteiger partial charge is 0.227 e. The maximum absolute atomic E-state index is 13.1. The molecule has 1 aliphatic heterocycles. The van der Waals surface area contributed by atoms with Crippen LogP contribution in [0.4, 0.5) is 4.39 Å². The molecule has 0 aromatic heterocycles. The Labute approximate surface area is 144 Å². The number of amides is 1. The zero-order chi connectivity index (χ0) is 17.2. The van der Waals surface area contributed by atoms with Crippen LogP contribution in [0, 0.1) is 5.82 Å². The second kappa shape index (κ2) is 7.22. The van der Waals surface area contributed by atoms with E-state index in [1.165, 1.54) is 31.4 Å². The molecule has 3 rings (SSSR count). The van der Waals surface area contributed by atoms with Crippen LogP contribution in [0.1, 0.15) is 51.0 Å². The number of nitrogens with zero attached hydrogens (tertiary/aromatic N) is 2. The molecular formula is C20H29FN2O. The van der Waals surface area contributed by atoms with Crippen LogP contribution in [0.5, 0.6) is 0 Å². The highest BCUT2D eigenvalue weighted by atomic mass is 19.1. The molecule has 1 aliphatic carbocycles. The van der Waals surface area contributed by atoms with Gasteiger partial charge in [0.25, 0.3) is 0 Å². The van der Waals surface area contributed by atoms with E-state index in [9.17, 15) is 9.18 Å². The van der Waals surface area contributed by atoms with E-state index in [1.54, 1.807) is 12.1 Å².